The first-order valence-electron chi connectivity index (χ1n) is 9.35. The van der Waals surface area contributed by atoms with Gasteiger partial charge in [0, 0.05) is 44.1 Å². The van der Waals surface area contributed by atoms with Gasteiger partial charge in [-0.2, -0.15) is 0 Å². The molecule has 1 aromatic heterocycles. The van der Waals surface area contributed by atoms with Crippen LogP contribution in [-0.4, -0.2) is 73.9 Å². The number of thiophene rings is 1. The van der Waals surface area contributed by atoms with Crippen LogP contribution < -0.4 is 5.32 Å². The van der Waals surface area contributed by atoms with Gasteiger partial charge in [-0.15, -0.1) is 35.3 Å². The Hall–Kier alpha value is -0.390. The topological polar surface area (TPSA) is 65.0 Å². The Labute approximate surface area is 184 Å². The lowest BCUT2D eigenvalue weighted by Gasteiger charge is -2.39. The van der Waals surface area contributed by atoms with E-state index in [1.807, 2.05) is 32.1 Å². The fraction of sp³-hybridized carbons (Fsp3) is 0.722. The van der Waals surface area contributed by atoms with Gasteiger partial charge in [-0.1, -0.05) is 0 Å². The van der Waals surface area contributed by atoms with E-state index < -0.39 is 14.6 Å². The van der Waals surface area contributed by atoms with E-state index in [2.05, 4.69) is 26.6 Å². The molecule has 0 spiro atoms. The third kappa shape index (κ3) is 5.36. The average molecular weight is 527 g/mol. The number of sulfone groups is 1. The lowest BCUT2D eigenvalue weighted by atomic mass is 10.1. The van der Waals surface area contributed by atoms with Crippen LogP contribution in [-0.2, 0) is 22.8 Å². The summed E-state index contributed by atoms with van der Waals surface area (Å²) in [6, 6.07) is 2.23. The second-order valence-electron chi connectivity index (χ2n) is 7.63. The highest BCUT2D eigenvalue weighted by Gasteiger charge is 2.40. The number of halogens is 1. The lowest BCUT2D eigenvalue weighted by Crippen LogP contribution is -2.57. The highest BCUT2D eigenvalue weighted by atomic mass is 127. The predicted octanol–water partition coefficient (Wildman–Crippen LogP) is 2.20. The van der Waals surface area contributed by atoms with Crippen molar-refractivity contribution in [2.24, 2.45) is 4.99 Å². The largest absolute Gasteiger partial charge is 0.357 e. The highest BCUT2D eigenvalue weighted by molar-refractivity contribution is 14.0. The molecule has 3 rings (SSSR count). The van der Waals surface area contributed by atoms with Crippen LogP contribution in [0.1, 0.15) is 31.2 Å². The predicted molar refractivity (Wildman–Crippen MR) is 124 cm³/mol. The zero-order valence-corrected chi connectivity index (χ0v) is 20.4. The molecule has 0 amide bonds. The molecule has 0 unspecified atom stereocenters. The molecule has 0 atom stereocenters. The van der Waals surface area contributed by atoms with Gasteiger partial charge in [-0.05, 0) is 44.2 Å². The molecule has 0 radical (unpaired) electrons. The van der Waals surface area contributed by atoms with Crippen LogP contribution in [0.3, 0.4) is 0 Å². The summed E-state index contributed by atoms with van der Waals surface area (Å²) >= 11 is 1.86. The standard InChI is InChI=1S/C18H30N4O2S2.HI/c1-4-19-17(22-10-12-26(23,24)18(2,3)14-22)20-7-9-21-8-5-16-15(13-21)6-11-25-16;/h6,11H,4-5,7-10,12-14H2,1-3H3,(H,19,20);1H. The van der Waals surface area contributed by atoms with Crippen molar-refractivity contribution >= 4 is 51.1 Å². The number of rotatable bonds is 4. The minimum atomic E-state index is -3.03. The molecule has 3 heterocycles. The zero-order chi connectivity index (χ0) is 18.8. The quantitative estimate of drug-likeness (QED) is 0.371. The van der Waals surface area contributed by atoms with E-state index in [1.165, 1.54) is 10.4 Å². The molecule has 0 aliphatic carbocycles. The number of hydrogen-bond acceptors (Lipinski definition) is 5. The molecule has 9 heteroatoms. The Morgan fingerprint density at radius 3 is 2.85 bits per heavy atom. The van der Waals surface area contributed by atoms with Crippen LogP contribution in [0.4, 0.5) is 0 Å². The summed E-state index contributed by atoms with van der Waals surface area (Å²) < 4.78 is 23.7. The maximum absolute atomic E-state index is 12.2. The molecule has 154 valence electrons. The molecule has 2 aliphatic rings. The van der Waals surface area contributed by atoms with Crippen LogP contribution in [0, 0.1) is 0 Å². The van der Waals surface area contributed by atoms with Gasteiger partial charge in [0.1, 0.15) is 0 Å². The molecule has 0 aromatic carbocycles. The number of nitrogens with zero attached hydrogens (tertiary/aromatic N) is 3. The van der Waals surface area contributed by atoms with Crippen molar-refractivity contribution in [3.8, 4) is 0 Å². The van der Waals surface area contributed by atoms with Crippen molar-refractivity contribution in [2.75, 3.05) is 45.0 Å². The van der Waals surface area contributed by atoms with E-state index in [9.17, 15) is 8.42 Å². The van der Waals surface area contributed by atoms with Crippen LogP contribution >= 0.6 is 35.3 Å². The van der Waals surface area contributed by atoms with Crippen LogP contribution in [0.2, 0.25) is 0 Å². The third-order valence-electron chi connectivity index (χ3n) is 5.24. The number of nitrogens with one attached hydrogen (secondary N) is 1. The summed E-state index contributed by atoms with van der Waals surface area (Å²) in [5.41, 5.74) is 1.46. The van der Waals surface area contributed by atoms with Gasteiger partial charge < -0.3 is 10.2 Å². The highest BCUT2D eigenvalue weighted by Crippen LogP contribution is 2.24. The molecule has 1 fully saturated rings. The Morgan fingerprint density at radius 1 is 1.37 bits per heavy atom. The first kappa shape index (κ1) is 22.9. The van der Waals surface area contributed by atoms with Crippen molar-refractivity contribution in [1.29, 1.82) is 0 Å². The first-order valence-corrected chi connectivity index (χ1v) is 11.9. The molecule has 1 N–H and O–H groups in total. The van der Waals surface area contributed by atoms with Crippen molar-refractivity contribution < 1.29 is 8.42 Å². The summed E-state index contributed by atoms with van der Waals surface area (Å²) in [6.07, 6.45) is 1.13. The minimum Gasteiger partial charge on any atom is -0.357 e. The Balaban J connectivity index is 0.00000261. The summed E-state index contributed by atoms with van der Waals surface area (Å²) in [7, 11) is -3.03. The Bertz CT molecular complexity index is 761. The van der Waals surface area contributed by atoms with Crippen molar-refractivity contribution in [3.63, 3.8) is 0 Å². The molecule has 2 aliphatic heterocycles. The zero-order valence-electron chi connectivity index (χ0n) is 16.4. The number of hydrogen-bond donors (Lipinski definition) is 1. The molecular weight excluding hydrogens is 495 g/mol. The van der Waals surface area contributed by atoms with Gasteiger partial charge in [0.05, 0.1) is 17.0 Å². The maximum atomic E-state index is 12.2. The number of guanidine groups is 1. The molecule has 6 nitrogen and oxygen atoms in total. The van der Waals surface area contributed by atoms with Gasteiger partial charge in [-0.3, -0.25) is 9.89 Å². The number of fused-ring (bicyclic) bond motifs is 1. The molecule has 0 saturated carbocycles. The second-order valence-corrected chi connectivity index (χ2v) is 11.4. The normalized spacial score (nSPS) is 22.0. The van der Waals surface area contributed by atoms with E-state index in [0.29, 0.717) is 13.1 Å². The van der Waals surface area contributed by atoms with E-state index in [4.69, 9.17) is 4.99 Å². The van der Waals surface area contributed by atoms with Crippen molar-refractivity contribution in [3.05, 3.63) is 21.9 Å². The number of aliphatic imine (C=N–C) groups is 1. The molecular formula is C18H31IN4O2S2. The fourth-order valence-electron chi connectivity index (χ4n) is 3.55. The van der Waals surface area contributed by atoms with E-state index >= 15 is 0 Å². The molecule has 0 bridgehead atoms. The maximum Gasteiger partial charge on any atom is 0.194 e. The van der Waals surface area contributed by atoms with E-state index in [-0.39, 0.29) is 29.7 Å². The third-order valence-corrected chi connectivity index (χ3v) is 8.80. The van der Waals surface area contributed by atoms with E-state index in [1.54, 1.807) is 0 Å². The van der Waals surface area contributed by atoms with Gasteiger partial charge in [0.2, 0.25) is 0 Å². The summed E-state index contributed by atoms with van der Waals surface area (Å²) in [5, 5.41) is 5.51. The van der Waals surface area contributed by atoms with Crippen LogP contribution in [0.25, 0.3) is 0 Å². The van der Waals surface area contributed by atoms with Gasteiger partial charge >= 0.3 is 0 Å². The summed E-state index contributed by atoms with van der Waals surface area (Å²) in [6.45, 7) is 11.2. The Kier molecular flexibility index (Phi) is 7.98. The summed E-state index contributed by atoms with van der Waals surface area (Å²) in [5.74, 6) is 1.03. The van der Waals surface area contributed by atoms with Crippen LogP contribution in [0.5, 0.6) is 0 Å². The lowest BCUT2D eigenvalue weighted by molar-refractivity contribution is 0.263. The van der Waals surface area contributed by atoms with Gasteiger partial charge in [0.15, 0.2) is 15.8 Å². The second kappa shape index (κ2) is 9.41. The van der Waals surface area contributed by atoms with Crippen LogP contribution in [0.15, 0.2) is 16.4 Å². The van der Waals surface area contributed by atoms with Gasteiger partial charge in [0.25, 0.3) is 0 Å². The minimum absolute atomic E-state index is 0. The average Bonchev–Trinajstić information content (AvgIpc) is 3.04. The fourth-order valence-corrected chi connectivity index (χ4v) is 5.80. The monoisotopic (exact) mass is 526 g/mol. The summed E-state index contributed by atoms with van der Waals surface area (Å²) in [4.78, 5) is 10.9. The van der Waals surface area contributed by atoms with Crippen molar-refractivity contribution in [1.82, 2.24) is 15.1 Å². The van der Waals surface area contributed by atoms with Gasteiger partial charge in [-0.25, -0.2) is 8.42 Å². The van der Waals surface area contributed by atoms with E-state index in [0.717, 1.165) is 45.1 Å². The molecule has 1 aromatic rings. The molecule has 1 saturated heterocycles. The first-order chi connectivity index (χ1) is 12.3. The SMILES string of the molecule is CCNC(=NCCN1CCc2sccc2C1)N1CCS(=O)(=O)C(C)(C)C1.I. The Morgan fingerprint density at radius 2 is 2.15 bits per heavy atom. The molecule has 27 heavy (non-hydrogen) atoms. The smallest absolute Gasteiger partial charge is 0.194 e. The van der Waals surface area contributed by atoms with Crippen molar-refractivity contribution in [2.45, 2.75) is 38.5 Å².